The summed E-state index contributed by atoms with van der Waals surface area (Å²) in [6.45, 7) is 11.7. The summed E-state index contributed by atoms with van der Waals surface area (Å²) in [5.74, 6) is -3.31. The molecule has 6 nitrogen and oxygen atoms in total. The van der Waals surface area contributed by atoms with Crippen LogP contribution < -0.4 is 15.5 Å². The number of unbranched alkanes of at least 4 members (excludes halogenated alkanes) is 3. The zero-order valence-corrected chi connectivity index (χ0v) is 31.1. The molecule has 0 spiro atoms. The molecule has 0 saturated carbocycles. The van der Waals surface area contributed by atoms with E-state index in [1.165, 1.54) is 0 Å². The van der Waals surface area contributed by atoms with Crippen LogP contribution in [-0.2, 0) is 27.2 Å². The summed E-state index contributed by atoms with van der Waals surface area (Å²) < 4.78 is 44.6. The van der Waals surface area contributed by atoms with Gasteiger partial charge in [0.2, 0.25) is 0 Å². The van der Waals surface area contributed by atoms with E-state index in [9.17, 15) is 27.6 Å². The number of alkyl halides is 3. The van der Waals surface area contributed by atoms with Crippen molar-refractivity contribution in [3.05, 3.63) is 75.9 Å². The number of carbonyl (C=O) groups is 3. The second kappa shape index (κ2) is 18.6. The molecule has 3 amide bonds. The number of nitrogens with one attached hydrogen (secondary N) is 2. The first-order valence-corrected chi connectivity index (χ1v) is 24.7. The molecule has 2 aromatic carbocycles. The molecule has 2 atom stereocenters. The minimum absolute atomic E-state index is 0.157. The molecule has 0 unspecified atom stereocenters. The molecule has 1 aliphatic heterocycles. The minimum atomic E-state index is -5.16. The predicted octanol–water partition coefficient (Wildman–Crippen LogP) is 8.08. The van der Waals surface area contributed by atoms with Crippen molar-refractivity contribution in [2.75, 3.05) is 11.4 Å². The molecule has 2 aromatic rings. The number of hydrogen-bond donors (Lipinski definition) is 2. The van der Waals surface area contributed by atoms with Crippen LogP contribution in [0.4, 0.5) is 18.9 Å². The SMILES string of the molecule is C=[C](C[C@H](NC(=O)[C@H](Cc1ccccc1)NC(=O)C(F)(F)F)C(=O)N1CCCc2ccccc21)[Sn]([CH2]CCC)([CH2]CCC)[CH2]CCC. The third-order valence-corrected chi connectivity index (χ3v) is 25.5. The molecule has 47 heavy (non-hydrogen) atoms. The summed E-state index contributed by atoms with van der Waals surface area (Å²) in [4.78, 5) is 42.2. The quantitative estimate of drug-likeness (QED) is 0.151. The van der Waals surface area contributed by atoms with E-state index in [1.54, 1.807) is 35.2 Å². The monoisotopic (exact) mass is 763 g/mol. The van der Waals surface area contributed by atoms with E-state index in [-0.39, 0.29) is 18.7 Å². The van der Waals surface area contributed by atoms with Crippen molar-refractivity contribution in [3.63, 3.8) is 0 Å². The van der Waals surface area contributed by atoms with E-state index < -0.39 is 48.5 Å². The van der Waals surface area contributed by atoms with E-state index in [0.29, 0.717) is 12.1 Å². The molecule has 0 radical (unpaired) electrons. The molecule has 1 heterocycles. The van der Waals surface area contributed by atoms with Gasteiger partial charge < -0.3 is 0 Å². The Morgan fingerprint density at radius 3 is 2.00 bits per heavy atom. The fraction of sp³-hybridized carbons (Fsp3) is 0.541. The van der Waals surface area contributed by atoms with Crippen LogP contribution in [0.5, 0.6) is 0 Å². The number of amides is 3. The van der Waals surface area contributed by atoms with Crippen molar-refractivity contribution < 1.29 is 27.6 Å². The number of aryl methyl sites for hydroxylation is 1. The van der Waals surface area contributed by atoms with Crippen molar-refractivity contribution in [1.29, 1.82) is 0 Å². The number of nitrogens with zero attached hydrogens (tertiary/aromatic N) is 1. The molecule has 0 aromatic heterocycles. The number of halogens is 3. The number of fused-ring (bicyclic) bond motifs is 1. The van der Waals surface area contributed by atoms with E-state index in [0.717, 1.165) is 79.5 Å². The molecule has 0 bridgehead atoms. The molecular formula is C37H52F3N3O3Sn. The van der Waals surface area contributed by atoms with Gasteiger partial charge >= 0.3 is 284 Å². The average molecular weight is 763 g/mol. The zero-order valence-electron chi connectivity index (χ0n) is 28.3. The summed E-state index contributed by atoms with van der Waals surface area (Å²) >= 11 is -3.09. The van der Waals surface area contributed by atoms with Crippen molar-refractivity contribution >= 4 is 41.8 Å². The van der Waals surface area contributed by atoms with Gasteiger partial charge in [0.25, 0.3) is 0 Å². The van der Waals surface area contributed by atoms with E-state index in [1.807, 2.05) is 29.6 Å². The van der Waals surface area contributed by atoms with Gasteiger partial charge in [-0.1, -0.05) is 0 Å². The van der Waals surface area contributed by atoms with Crippen molar-refractivity contribution in [2.24, 2.45) is 0 Å². The first-order valence-electron chi connectivity index (χ1n) is 17.2. The summed E-state index contributed by atoms with van der Waals surface area (Å²) in [6.07, 6.45) is 2.99. The second-order valence-electron chi connectivity index (χ2n) is 12.9. The van der Waals surface area contributed by atoms with Gasteiger partial charge in [-0.05, 0) is 0 Å². The molecule has 0 fully saturated rings. The summed E-state index contributed by atoms with van der Waals surface area (Å²) in [6, 6.07) is 13.7. The maximum atomic E-state index is 14.5. The van der Waals surface area contributed by atoms with Crippen molar-refractivity contribution in [2.45, 2.75) is 117 Å². The molecule has 10 heteroatoms. The van der Waals surface area contributed by atoms with Crippen LogP contribution in [0.2, 0.25) is 13.3 Å². The standard InChI is InChI=1S/C25H25F3N3O3.3C4H9.Sn/c1-2-9-19(23(33)31-15-8-13-18-12-6-7-14-21(18)31)29-22(32)20(30-24(34)25(26,27)28)16-17-10-4-3-5-11-17;3*1-3-4-2;/h3-7,10-12,14,19-20H,1,8-9,13,15-16H2,(H,29,32)(H,30,34);3*1,3-4H2,2H3;/t19-,20-;;;;/m0..../s1. The van der Waals surface area contributed by atoms with Gasteiger partial charge in [-0.15, -0.1) is 0 Å². The van der Waals surface area contributed by atoms with Gasteiger partial charge in [-0.3, -0.25) is 0 Å². The fourth-order valence-corrected chi connectivity index (χ4v) is 22.4. The third-order valence-electron chi connectivity index (χ3n) is 9.38. The van der Waals surface area contributed by atoms with Gasteiger partial charge in [-0.25, -0.2) is 0 Å². The second-order valence-corrected chi connectivity index (χ2v) is 26.5. The molecule has 0 saturated heterocycles. The first kappa shape index (κ1) is 38.6. The summed E-state index contributed by atoms with van der Waals surface area (Å²) in [7, 11) is 0. The molecule has 1 aliphatic rings. The number of para-hydroxylation sites is 1. The van der Waals surface area contributed by atoms with E-state index in [2.05, 4.69) is 32.7 Å². The average Bonchev–Trinajstić information content (AvgIpc) is 3.06. The Morgan fingerprint density at radius 2 is 1.43 bits per heavy atom. The van der Waals surface area contributed by atoms with Crippen LogP contribution in [0.1, 0.15) is 83.3 Å². The Labute approximate surface area is 282 Å². The van der Waals surface area contributed by atoms with Gasteiger partial charge in [0.15, 0.2) is 0 Å². The Hall–Kier alpha value is -2.82. The Kier molecular flexibility index (Phi) is 15.3. The molecule has 2 N–H and O–H groups in total. The van der Waals surface area contributed by atoms with Crippen molar-refractivity contribution in [1.82, 2.24) is 10.6 Å². The summed E-state index contributed by atoms with van der Waals surface area (Å²) in [5.41, 5.74) is 2.41. The van der Waals surface area contributed by atoms with Crippen LogP contribution in [0.3, 0.4) is 0 Å². The normalized spacial score (nSPS) is 14.6. The van der Waals surface area contributed by atoms with Crippen LogP contribution in [-0.4, -0.2) is 60.9 Å². The molecule has 258 valence electrons. The van der Waals surface area contributed by atoms with Crippen LogP contribution >= 0.6 is 0 Å². The topological polar surface area (TPSA) is 78.5 Å². The summed E-state index contributed by atoms with van der Waals surface area (Å²) in [5, 5.41) is 4.76. The van der Waals surface area contributed by atoms with Gasteiger partial charge in [-0.2, -0.15) is 0 Å². The van der Waals surface area contributed by atoms with Gasteiger partial charge in [0.05, 0.1) is 0 Å². The predicted molar refractivity (Wildman–Crippen MR) is 186 cm³/mol. The van der Waals surface area contributed by atoms with Crippen LogP contribution in [0, 0.1) is 0 Å². The number of benzene rings is 2. The zero-order chi connectivity index (χ0) is 34.5. The number of carbonyl (C=O) groups excluding carboxylic acids is 3. The van der Waals surface area contributed by atoms with Crippen LogP contribution in [0.25, 0.3) is 0 Å². The van der Waals surface area contributed by atoms with Gasteiger partial charge in [0.1, 0.15) is 0 Å². The van der Waals surface area contributed by atoms with Crippen LogP contribution in [0.15, 0.2) is 64.8 Å². The number of hydrogen-bond acceptors (Lipinski definition) is 3. The Balaban J connectivity index is 2.01. The molecular weight excluding hydrogens is 710 g/mol. The number of rotatable bonds is 18. The van der Waals surface area contributed by atoms with E-state index in [4.69, 9.17) is 0 Å². The van der Waals surface area contributed by atoms with Crippen molar-refractivity contribution in [3.8, 4) is 0 Å². The molecule has 3 rings (SSSR count). The first-order chi connectivity index (χ1) is 22.5. The van der Waals surface area contributed by atoms with Gasteiger partial charge in [0, 0.05) is 0 Å². The Bertz CT molecular complexity index is 1310. The molecule has 0 aliphatic carbocycles. The number of anilines is 1. The third kappa shape index (κ3) is 11.1. The fourth-order valence-electron chi connectivity index (χ4n) is 6.64. The van der Waals surface area contributed by atoms with E-state index >= 15 is 0 Å². The Morgan fingerprint density at radius 1 is 0.851 bits per heavy atom. The maximum absolute atomic E-state index is 14.5.